The molecule has 2 heterocycles. The summed E-state index contributed by atoms with van der Waals surface area (Å²) in [6.07, 6.45) is 1.23. The first kappa shape index (κ1) is 21.3. The van der Waals surface area contributed by atoms with Gasteiger partial charge in [0.05, 0.1) is 10.6 Å². The van der Waals surface area contributed by atoms with E-state index in [0.29, 0.717) is 22.0 Å². The van der Waals surface area contributed by atoms with E-state index in [1.807, 2.05) is 50.2 Å². The summed E-state index contributed by atoms with van der Waals surface area (Å²) < 4.78 is 27.4. The summed E-state index contributed by atoms with van der Waals surface area (Å²) >= 11 is 6.12. The third-order valence-corrected chi connectivity index (χ3v) is 7.34. The molecular formula is C25H19ClN4O2S. The Morgan fingerprint density at radius 2 is 1.64 bits per heavy atom. The van der Waals surface area contributed by atoms with Crippen LogP contribution in [0.2, 0.25) is 5.02 Å². The molecule has 8 heteroatoms. The first-order valence-electron chi connectivity index (χ1n) is 10.2. The maximum atomic E-state index is 13.7. The average molecular weight is 475 g/mol. The molecule has 164 valence electrons. The fraction of sp³-hybridized carbons (Fsp3) is 0.0800. The van der Waals surface area contributed by atoms with Crippen LogP contribution in [0.4, 0.5) is 17.2 Å². The van der Waals surface area contributed by atoms with Crippen molar-refractivity contribution in [2.45, 2.75) is 23.8 Å². The number of fused-ring (bicyclic) bond motifs is 2. The van der Waals surface area contributed by atoms with Crippen molar-refractivity contribution in [3.8, 4) is 0 Å². The Balaban J connectivity index is 1.80. The topological polar surface area (TPSA) is 84.3 Å². The number of aromatic nitrogens is 2. The minimum atomic E-state index is -3.96. The van der Waals surface area contributed by atoms with Crippen molar-refractivity contribution in [2.24, 2.45) is 4.99 Å². The number of aryl methyl sites for hydroxylation is 2. The first-order valence-corrected chi connectivity index (χ1v) is 12.1. The van der Waals surface area contributed by atoms with E-state index in [1.165, 1.54) is 6.33 Å². The summed E-state index contributed by atoms with van der Waals surface area (Å²) in [5.74, 6) is 0.278. The van der Waals surface area contributed by atoms with Crippen LogP contribution in [0.5, 0.6) is 0 Å². The minimum absolute atomic E-state index is 0.144. The van der Waals surface area contributed by atoms with Gasteiger partial charge in [-0.1, -0.05) is 59.1 Å². The molecule has 0 fully saturated rings. The summed E-state index contributed by atoms with van der Waals surface area (Å²) in [6.45, 7) is 3.92. The van der Waals surface area contributed by atoms with Gasteiger partial charge in [0, 0.05) is 21.8 Å². The lowest BCUT2D eigenvalue weighted by Gasteiger charge is -2.11. The quantitative estimate of drug-likeness (QED) is 0.334. The number of sulfone groups is 1. The monoisotopic (exact) mass is 474 g/mol. The predicted molar refractivity (Wildman–Crippen MR) is 130 cm³/mol. The zero-order valence-electron chi connectivity index (χ0n) is 17.9. The van der Waals surface area contributed by atoms with E-state index in [1.54, 1.807) is 30.3 Å². The molecule has 1 aliphatic rings. The normalized spacial score (nSPS) is 14.0. The van der Waals surface area contributed by atoms with Gasteiger partial charge in [-0.15, -0.1) is 0 Å². The molecular weight excluding hydrogens is 456 g/mol. The molecule has 5 rings (SSSR count). The molecule has 1 N–H and O–H groups in total. The standard InChI is InChI=1S/C25H19ClN4O2S/c1-15-6-9-17(10-7-15)22-20-12-16(2)8-11-21(20)33(31,32)25-23(30-22)24(27-14-28-25)29-19-5-3-4-18(26)13-19/h3-14H,1-2H3,(H,27,28,29). The van der Waals surface area contributed by atoms with E-state index in [9.17, 15) is 8.42 Å². The number of aliphatic imine (C=N–C) groups is 1. The van der Waals surface area contributed by atoms with Crippen molar-refractivity contribution in [3.63, 3.8) is 0 Å². The second-order valence-corrected chi connectivity index (χ2v) is 10.1. The molecule has 0 spiro atoms. The molecule has 1 aliphatic heterocycles. The van der Waals surface area contributed by atoms with Crippen molar-refractivity contribution in [1.82, 2.24) is 9.97 Å². The van der Waals surface area contributed by atoms with Gasteiger partial charge in [-0.3, -0.25) is 0 Å². The smallest absolute Gasteiger partial charge is 0.226 e. The average Bonchev–Trinajstić information content (AvgIpc) is 2.87. The Labute approximate surface area is 197 Å². The lowest BCUT2D eigenvalue weighted by atomic mass is 9.99. The Morgan fingerprint density at radius 3 is 2.39 bits per heavy atom. The van der Waals surface area contributed by atoms with Crippen molar-refractivity contribution in [3.05, 3.63) is 100 Å². The Kier molecular flexibility index (Phi) is 5.23. The number of benzene rings is 3. The highest BCUT2D eigenvalue weighted by atomic mass is 35.5. The van der Waals surface area contributed by atoms with Crippen LogP contribution >= 0.6 is 11.6 Å². The van der Waals surface area contributed by atoms with E-state index in [4.69, 9.17) is 16.6 Å². The van der Waals surface area contributed by atoms with E-state index in [-0.39, 0.29) is 21.4 Å². The van der Waals surface area contributed by atoms with Crippen molar-refractivity contribution in [1.29, 1.82) is 0 Å². The van der Waals surface area contributed by atoms with Gasteiger partial charge in [-0.05, 0) is 44.2 Å². The maximum Gasteiger partial charge on any atom is 0.226 e. The predicted octanol–water partition coefficient (Wildman–Crippen LogP) is 5.81. The molecule has 0 atom stereocenters. The van der Waals surface area contributed by atoms with Crippen LogP contribution in [-0.2, 0) is 9.84 Å². The number of nitrogens with one attached hydrogen (secondary N) is 1. The van der Waals surface area contributed by atoms with Gasteiger partial charge in [0.25, 0.3) is 0 Å². The summed E-state index contributed by atoms with van der Waals surface area (Å²) in [5, 5.41) is 3.55. The lowest BCUT2D eigenvalue weighted by molar-refractivity contribution is 0.592. The molecule has 0 unspecified atom stereocenters. The molecule has 0 amide bonds. The highest BCUT2D eigenvalue weighted by Gasteiger charge is 2.33. The Morgan fingerprint density at radius 1 is 0.879 bits per heavy atom. The Hall–Kier alpha value is -3.55. The summed E-state index contributed by atoms with van der Waals surface area (Å²) in [6, 6.07) is 20.1. The van der Waals surface area contributed by atoms with E-state index in [0.717, 1.165) is 16.7 Å². The van der Waals surface area contributed by atoms with Gasteiger partial charge < -0.3 is 5.32 Å². The van der Waals surface area contributed by atoms with Crippen LogP contribution in [0.15, 0.2) is 88.0 Å². The fourth-order valence-corrected chi connectivity index (χ4v) is 5.40. The van der Waals surface area contributed by atoms with Gasteiger partial charge in [-0.25, -0.2) is 23.4 Å². The van der Waals surface area contributed by atoms with Crippen LogP contribution in [0, 0.1) is 13.8 Å². The van der Waals surface area contributed by atoms with Gasteiger partial charge in [0.2, 0.25) is 9.84 Å². The summed E-state index contributed by atoms with van der Waals surface area (Å²) in [7, 11) is -3.96. The molecule has 6 nitrogen and oxygen atoms in total. The third-order valence-electron chi connectivity index (χ3n) is 5.36. The fourth-order valence-electron chi connectivity index (χ4n) is 3.73. The second-order valence-electron chi connectivity index (χ2n) is 7.84. The number of rotatable bonds is 3. The molecule has 33 heavy (non-hydrogen) atoms. The van der Waals surface area contributed by atoms with Crippen molar-refractivity contribution < 1.29 is 8.42 Å². The molecule has 0 bridgehead atoms. The zero-order valence-corrected chi connectivity index (χ0v) is 19.4. The second kappa shape index (κ2) is 8.10. The summed E-state index contributed by atoms with van der Waals surface area (Å²) in [5.41, 5.74) is 4.71. The van der Waals surface area contributed by atoms with Crippen LogP contribution < -0.4 is 5.32 Å². The number of anilines is 2. The largest absolute Gasteiger partial charge is 0.338 e. The van der Waals surface area contributed by atoms with E-state index >= 15 is 0 Å². The molecule has 0 aliphatic carbocycles. The number of nitrogens with zero attached hydrogens (tertiary/aromatic N) is 3. The summed E-state index contributed by atoms with van der Waals surface area (Å²) in [4.78, 5) is 13.5. The van der Waals surface area contributed by atoms with Crippen molar-refractivity contribution >= 4 is 44.3 Å². The van der Waals surface area contributed by atoms with Crippen molar-refractivity contribution in [2.75, 3.05) is 5.32 Å². The van der Waals surface area contributed by atoms with Gasteiger partial charge in [-0.2, -0.15) is 0 Å². The van der Waals surface area contributed by atoms with Gasteiger partial charge in [0.15, 0.2) is 10.8 Å². The SMILES string of the molecule is Cc1ccc(C2=Nc3c(Nc4cccc(Cl)c4)ncnc3S(=O)(=O)c3ccc(C)cc32)cc1. The molecule has 4 aromatic rings. The highest BCUT2D eigenvalue weighted by Crippen LogP contribution is 2.40. The van der Waals surface area contributed by atoms with Crippen LogP contribution in [0.1, 0.15) is 22.3 Å². The van der Waals surface area contributed by atoms with Crippen LogP contribution in [-0.4, -0.2) is 24.1 Å². The number of halogens is 1. The third kappa shape index (κ3) is 3.90. The molecule has 0 saturated heterocycles. The van der Waals surface area contributed by atoms with E-state index < -0.39 is 9.84 Å². The molecule has 1 aromatic heterocycles. The minimum Gasteiger partial charge on any atom is -0.338 e. The van der Waals surface area contributed by atoms with Gasteiger partial charge in [0.1, 0.15) is 12.0 Å². The zero-order chi connectivity index (χ0) is 23.2. The molecule has 3 aromatic carbocycles. The highest BCUT2D eigenvalue weighted by molar-refractivity contribution is 7.91. The number of hydrogen-bond acceptors (Lipinski definition) is 6. The van der Waals surface area contributed by atoms with Crippen LogP contribution in [0.25, 0.3) is 0 Å². The maximum absolute atomic E-state index is 13.7. The Bertz CT molecular complexity index is 1530. The van der Waals surface area contributed by atoms with E-state index in [2.05, 4.69) is 15.3 Å². The van der Waals surface area contributed by atoms with Crippen LogP contribution in [0.3, 0.4) is 0 Å². The first-order chi connectivity index (χ1) is 15.8. The molecule has 0 radical (unpaired) electrons. The number of hydrogen-bond donors (Lipinski definition) is 1. The molecule has 0 saturated carbocycles. The van der Waals surface area contributed by atoms with Gasteiger partial charge >= 0.3 is 0 Å². The lowest BCUT2D eigenvalue weighted by Crippen LogP contribution is -2.10.